The topological polar surface area (TPSA) is 8.17 Å². The lowest BCUT2D eigenvalue weighted by Crippen LogP contribution is -2.36. The highest BCUT2D eigenvalue weighted by Crippen LogP contribution is 2.20. The number of benzene rings is 2. The summed E-state index contributed by atoms with van der Waals surface area (Å²) in [6, 6.07) is 17.2. The summed E-state index contributed by atoms with van der Waals surface area (Å²) < 4.78 is 29.3. The van der Waals surface area contributed by atoms with E-state index in [2.05, 4.69) is 79.8 Å². The maximum absolute atomic E-state index is 13.7. The average molecular weight is 397 g/mol. The molecule has 0 fully saturated rings. The van der Waals surface area contributed by atoms with Crippen molar-refractivity contribution in [3.8, 4) is 0 Å². The van der Waals surface area contributed by atoms with Gasteiger partial charge in [-0.3, -0.25) is 4.90 Å². The van der Waals surface area contributed by atoms with Crippen LogP contribution in [0.25, 0.3) is 0 Å². The van der Waals surface area contributed by atoms with Crippen LogP contribution in [0.1, 0.15) is 43.2 Å². The molecule has 1 atom stereocenters. The van der Waals surface area contributed by atoms with Gasteiger partial charge in [0.05, 0.1) is 0 Å². The van der Waals surface area contributed by atoms with Gasteiger partial charge in [0.1, 0.15) is 0 Å². The average Bonchev–Trinajstić information content (AvgIpc) is 3.10. The summed E-state index contributed by atoms with van der Waals surface area (Å²) in [6.45, 7) is 10.8. The fourth-order valence-electron chi connectivity index (χ4n) is 3.60. The lowest BCUT2D eigenvalue weighted by Gasteiger charge is -2.32. The van der Waals surface area contributed by atoms with Gasteiger partial charge in [0.15, 0.2) is 11.6 Å². The van der Waals surface area contributed by atoms with Crippen LogP contribution in [0.3, 0.4) is 0 Å². The second kappa shape index (κ2) is 9.36. The molecule has 0 radical (unpaired) electrons. The van der Waals surface area contributed by atoms with Crippen LogP contribution < -0.4 is 0 Å². The Bertz CT molecular complexity index is 946. The van der Waals surface area contributed by atoms with Crippen LogP contribution in [-0.2, 0) is 19.6 Å². The molecule has 3 rings (SSSR count). The van der Waals surface area contributed by atoms with E-state index in [4.69, 9.17) is 0 Å². The molecule has 154 valence electrons. The molecule has 0 unspecified atom stereocenters. The van der Waals surface area contributed by atoms with Crippen molar-refractivity contribution < 1.29 is 8.78 Å². The first-order chi connectivity index (χ1) is 13.8. The normalized spacial score (nSPS) is 12.7. The van der Waals surface area contributed by atoms with Crippen molar-refractivity contribution in [3.05, 3.63) is 94.8 Å². The maximum atomic E-state index is 13.7. The van der Waals surface area contributed by atoms with Gasteiger partial charge in [-0.05, 0) is 55.2 Å². The Balaban J connectivity index is 1.81. The molecular formula is C25H30F2N2. The van der Waals surface area contributed by atoms with E-state index in [1.54, 1.807) is 6.07 Å². The molecule has 0 aliphatic carbocycles. The molecule has 3 aromatic rings. The van der Waals surface area contributed by atoms with Crippen molar-refractivity contribution in [1.29, 1.82) is 0 Å². The van der Waals surface area contributed by atoms with E-state index in [1.807, 2.05) is 0 Å². The van der Waals surface area contributed by atoms with Crippen molar-refractivity contribution in [2.45, 2.75) is 53.4 Å². The van der Waals surface area contributed by atoms with Crippen LogP contribution in [-0.4, -0.2) is 15.5 Å². The number of rotatable bonds is 8. The number of hydrogen-bond donors (Lipinski definition) is 0. The summed E-state index contributed by atoms with van der Waals surface area (Å²) in [5, 5.41) is 0. The molecule has 0 aliphatic heterocycles. The number of hydrogen-bond acceptors (Lipinski definition) is 1. The highest BCUT2D eigenvalue weighted by molar-refractivity contribution is 5.24. The second-order valence-corrected chi connectivity index (χ2v) is 8.25. The molecule has 29 heavy (non-hydrogen) atoms. The van der Waals surface area contributed by atoms with Crippen LogP contribution in [0.4, 0.5) is 8.78 Å². The Kier molecular flexibility index (Phi) is 6.86. The minimum absolute atomic E-state index is 0.297. The molecule has 0 amide bonds. The van der Waals surface area contributed by atoms with Crippen molar-refractivity contribution in [2.24, 2.45) is 5.92 Å². The summed E-state index contributed by atoms with van der Waals surface area (Å²) in [7, 11) is 0. The zero-order chi connectivity index (χ0) is 21.0. The minimum Gasteiger partial charge on any atom is -0.346 e. The van der Waals surface area contributed by atoms with E-state index >= 15 is 0 Å². The highest BCUT2D eigenvalue weighted by atomic mass is 19.2. The number of aryl methyl sites for hydroxylation is 1. The number of nitrogens with zero attached hydrogens (tertiary/aromatic N) is 2. The van der Waals surface area contributed by atoms with E-state index in [0.717, 1.165) is 18.7 Å². The third kappa shape index (κ3) is 5.54. The third-order valence-corrected chi connectivity index (χ3v) is 5.63. The van der Waals surface area contributed by atoms with E-state index in [9.17, 15) is 8.78 Å². The quantitative estimate of drug-likeness (QED) is 0.442. The molecule has 0 saturated heterocycles. The molecule has 2 nitrogen and oxygen atoms in total. The van der Waals surface area contributed by atoms with E-state index in [-0.39, 0.29) is 0 Å². The van der Waals surface area contributed by atoms with E-state index < -0.39 is 11.6 Å². The van der Waals surface area contributed by atoms with Gasteiger partial charge in [-0.1, -0.05) is 49.7 Å². The van der Waals surface area contributed by atoms with E-state index in [1.165, 1.54) is 29.0 Å². The first-order valence-corrected chi connectivity index (χ1v) is 10.2. The Morgan fingerprint density at radius 2 is 1.66 bits per heavy atom. The summed E-state index contributed by atoms with van der Waals surface area (Å²) >= 11 is 0. The molecule has 0 saturated carbocycles. The lowest BCUT2D eigenvalue weighted by atomic mass is 10.0. The molecule has 1 aromatic heterocycles. The van der Waals surface area contributed by atoms with Gasteiger partial charge in [0, 0.05) is 37.6 Å². The predicted octanol–water partition coefficient (Wildman–Crippen LogP) is 6.17. The number of halogens is 2. The van der Waals surface area contributed by atoms with Gasteiger partial charge in [0.2, 0.25) is 0 Å². The standard InChI is InChI=1S/C25H30F2N2/c1-18(2)20(4)29(16-22-10-11-24(26)25(27)14-22)17-23-9-6-12-28(23)15-21-8-5-7-19(3)13-21/h5-14,18,20H,15-17H2,1-4H3/t20-/m1/s1. The van der Waals surface area contributed by atoms with Crippen LogP contribution in [0, 0.1) is 24.5 Å². The maximum Gasteiger partial charge on any atom is 0.159 e. The molecule has 4 heteroatoms. The molecule has 0 spiro atoms. The Morgan fingerprint density at radius 3 is 2.34 bits per heavy atom. The number of aromatic nitrogens is 1. The molecule has 0 bridgehead atoms. The highest BCUT2D eigenvalue weighted by Gasteiger charge is 2.20. The Hall–Kier alpha value is -2.46. The molecule has 0 N–H and O–H groups in total. The van der Waals surface area contributed by atoms with Gasteiger partial charge in [-0.2, -0.15) is 0 Å². The Labute approximate surface area is 172 Å². The summed E-state index contributed by atoms with van der Waals surface area (Å²) in [5.41, 5.74) is 4.52. The van der Waals surface area contributed by atoms with Gasteiger partial charge in [0.25, 0.3) is 0 Å². The van der Waals surface area contributed by atoms with E-state index in [0.29, 0.717) is 18.5 Å². The second-order valence-electron chi connectivity index (χ2n) is 8.25. The predicted molar refractivity (Wildman–Crippen MR) is 115 cm³/mol. The zero-order valence-electron chi connectivity index (χ0n) is 17.7. The monoisotopic (exact) mass is 396 g/mol. The van der Waals surface area contributed by atoms with Crippen LogP contribution in [0.2, 0.25) is 0 Å². The molecule has 1 heterocycles. The molecular weight excluding hydrogens is 366 g/mol. The smallest absolute Gasteiger partial charge is 0.159 e. The largest absolute Gasteiger partial charge is 0.346 e. The fourth-order valence-corrected chi connectivity index (χ4v) is 3.60. The van der Waals surface area contributed by atoms with Crippen LogP contribution >= 0.6 is 0 Å². The van der Waals surface area contributed by atoms with Crippen molar-refractivity contribution in [2.75, 3.05) is 0 Å². The van der Waals surface area contributed by atoms with Gasteiger partial charge < -0.3 is 4.57 Å². The first kappa shape index (κ1) is 21.3. The first-order valence-electron chi connectivity index (χ1n) is 10.2. The zero-order valence-corrected chi connectivity index (χ0v) is 17.7. The summed E-state index contributed by atoms with van der Waals surface area (Å²) in [4.78, 5) is 2.33. The van der Waals surface area contributed by atoms with Crippen molar-refractivity contribution in [3.63, 3.8) is 0 Å². The lowest BCUT2D eigenvalue weighted by molar-refractivity contribution is 0.148. The summed E-state index contributed by atoms with van der Waals surface area (Å²) in [6.07, 6.45) is 2.10. The fraction of sp³-hybridized carbons (Fsp3) is 0.360. The summed E-state index contributed by atoms with van der Waals surface area (Å²) in [5.74, 6) is -1.15. The van der Waals surface area contributed by atoms with Crippen molar-refractivity contribution in [1.82, 2.24) is 9.47 Å². The molecule has 0 aliphatic rings. The van der Waals surface area contributed by atoms with Crippen molar-refractivity contribution >= 4 is 0 Å². The van der Waals surface area contributed by atoms with Crippen LogP contribution in [0.5, 0.6) is 0 Å². The van der Waals surface area contributed by atoms with Gasteiger partial charge in [-0.15, -0.1) is 0 Å². The SMILES string of the molecule is Cc1cccc(Cn2cccc2CN(Cc2ccc(F)c(F)c2)[C@H](C)C(C)C)c1. The third-order valence-electron chi connectivity index (χ3n) is 5.63. The molecule has 2 aromatic carbocycles. The minimum atomic E-state index is -0.802. The van der Waals surface area contributed by atoms with Crippen LogP contribution in [0.15, 0.2) is 60.8 Å². The Morgan fingerprint density at radius 1 is 0.862 bits per heavy atom. The van der Waals surface area contributed by atoms with Gasteiger partial charge >= 0.3 is 0 Å². The van der Waals surface area contributed by atoms with Gasteiger partial charge in [-0.25, -0.2) is 8.78 Å².